The van der Waals surface area contributed by atoms with Crippen molar-refractivity contribution in [1.82, 2.24) is 0 Å². The van der Waals surface area contributed by atoms with Gasteiger partial charge in [-0.15, -0.1) is 0 Å². The lowest BCUT2D eigenvalue weighted by molar-refractivity contribution is -0.152. The third-order valence-corrected chi connectivity index (χ3v) is 6.06. The van der Waals surface area contributed by atoms with Crippen LogP contribution in [0.5, 0.6) is 11.5 Å². The number of carbonyl (C=O) groups excluding carboxylic acids is 2. The number of hydrogen-bond donors (Lipinski definition) is 0. The molecule has 1 aromatic carbocycles. The average molecular weight is 419 g/mol. The smallest absolute Gasteiger partial charge is 0.308 e. The van der Waals surface area contributed by atoms with Crippen LogP contribution >= 0.6 is 0 Å². The van der Waals surface area contributed by atoms with E-state index in [0.717, 1.165) is 25.7 Å². The molecule has 30 heavy (non-hydrogen) atoms. The molecule has 0 bridgehead atoms. The van der Waals surface area contributed by atoms with Crippen molar-refractivity contribution >= 4 is 11.9 Å². The molecule has 0 aliphatic heterocycles. The molecule has 0 atom stereocenters. The molecule has 0 spiro atoms. The van der Waals surface area contributed by atoms with Crippen molar-refractivity contribution in [3.05, 3.63) is 24.3 Å². The van der Waals surface area contributed by atoms with Crippen molar-refractivity contribution in [2.24, 2.45) is 11.8 Å². The molecule has 2 aliphatic rings. The van der Waals surface area contributed by atoms with E-state index in [1.165, 1.54) is 38.5 Å². The summed E-state index contributed by atoms with van der Waals surface area (Å²) in [5.74, 6) is 1.55. The lowest BCUT2D eigenvalue weighted by atomic mass is 9.87. The molecule has 2 aliphatic carbocycles. The zero-order valence-electron chi connectivity index (χ0n) is 17.8. The van der Waals surface area contributed by atoms with Gasteiger partial charge in [0.2, 0.25) is 13.6 Å². The standard InChI is InChI=1S/C24H34O6/c25-23(14-19-8-3-1-4-9-19)29-17-27-21-12-7-13-22(16-21)28-18-30-24(26)15-20-10-5-2-6-11-20/h7,12-13,16,19-20H,1-6,8-11,14-15,17-18H2. The molecular formula is C24H34O6. The van der Waals surface area contributed by atoms with Crippen LogP contribution in [-0.2, 0) is 19.1 Å². The highest BCUT2D eigenvalue weighted by Gasteiger charge is 2.19. The molecule has 0 radical (unpaired) electrons. The number of rotatable bonds is 10. The summed E-state index contributed by atoms with van der Waals surface area (Å²) in [4.78, 5) is 23.9. The largest absolute Gasteiger partial charge is 0.457 e. The van der Waals surface area contributed by atoms with E-state index in [0.29, 0.717) is 36.2 Å². The van der Waals surface area contributed by atoms with E-state index < -0.39 is 0 Å². The molecule has 0 aromatic heterocycles. The third-order valence-electron chi connectivity index (χ3n) is 6.06. The first kappa shape index (κ1) is 22.4. The van der Waals surface area contributed by atoms with Crippen molar-refractivity contribution in [3.8, 4) is 11.5 Å². The van der Waals surface area contributed by atoms with Crippen molar-refractivity contribution in [2.75, 3.05) is 13.6 Å². The van der Waals surface area contributed by atoms with Gasteiger partial charge in [0, 0.05) is 18.9 Å². The number of hydrogen-bond acceptors (Lipinski definition) is 6. The first-order valence-electron chi connectivity index (χ1n) is 11.4. The summed E-state index contributed by atoms with van der Waals surface area (Å²) in [5.41, 5.74) is 0. The average Bonchev–Trinajstić information content (AvgIpc) is 2.75. The van der Waals surface area contributed by atoms with Crippen molar-refractivity contribution in [1.29, 1.82) is 0 Å². The molecule has 1 aromatic rings. The van der Waals surface area contributed by atoms with Crippen LogP contribution in [0, 0.1) is 11.8 Å². The second kappa shape index (κ2) is 12.5. The van der Waals surface area contributed by atoms with E-state index >= 15 is 0 Å². The normalized spacial score (nSPS) is 17.9. The van der Waals surface area contributed by atoms with E-state index in [1.807, 2.05) is 0 Å². The summed E-state index contributed by atoms with van der Waals surface area (Å²) in [6.45, 7) is -0.239. The van der Waals surface area contributed by atoms with Gasteiger partial charge in [0.05, 0.1) is 0 Å². The van der Waals surface area contributed by atoms with Crippen molar-refractivity contribution < 1.29 is 28.5 Å². The van der Waals surface area contributed by atoms with Crippen LogP contribution in [0.15, 0.2) is 24.3 Å². The summed E-state index contributed by atoms with van der Waals surface area (Å²) < 4.78 is 21.4. The topological polar surface area (TPSA) is 71.1 Å². The minimum atomic E-state index is -0.209. The van der Waals surface area contributed by atoms with Crippen LogP contribution in [0.25, 0.3) is 0 Å². The molecule has 0 saturated heterocycles. The SMILES string of the molecule is O=C(CC1CCCCC1)OCOc1cccc(OCOC(=O)CC2CCCCC2)c1. The first-order valence-corrected chi connectivity index (χ1v) is 11.4. The number of esters is 2. The second-order valence-electron chi connectivity index (χ2n) is 8.45. The zero-order valence-corrected chi connectivity index (χ0v) is 17.8. The molecule has 2 saturated carbocycles. The van der Waals surface area contributed by atoms with Gasteiger partial charge in [0.25, 0.3) is 0 Å². The molecule has 166 valence electrons. The minimum absolute atomic E-state index is 0.120. The highest BCUT2D eigenvalue weighted by molar-refractivity contribution is 5.70. The van der Waals surface area contributed by atoms with Gasteiger partial charge in [0.15, 0.2) is 0 Å². The van der Waals surface area contributed by atoms with Crippen LogP contribution in [0.2, 0.25) is 0 Å². The van der Waals surface area contributed by atoms with Gasteiger partial charge in [-0.05, 0) is 49.7 Å². The quantitative estimate of drug-likeness (QED) is 0.375. The first-order chi connectivity index (χ1) is 14.7. The maximum atomic E-state index is 11.9. The Labute approximate surface area is 179 Å². The zero-order chi connectivity index (χ0) is 21.0. The van der Waals surface area contributed by atoms with Crippen molar-refractivity contribution in [3.63, 3.8) is 0 Å². The van der Waals surface area contributed by atoms with Crippen molar-refractivity contribution in [2.45, 2.75) is 77.0 Å². The predicted molar refractivity (Wildman–Crippen MR) is 112 cm³/mol. The van der Waals surface area contributed by atoms with Crippen LogP contribution in [0.1, 0.15) is 77.0 Å². The van der Waals surface area contributed by atoms with E-state index in [1.54, 1.807) is 24.3 Å². The molecule has 0 unspecified atom stereocenters. The van der Waals surface area contributed by atoms with Gasteiger partial charge in [-0.3, -0.25) is 9.59 Å². The molecule has 6 heteroatoms. The van der Waals surface area contributed by atoms with Crippen LogP contribution in [-0.4, -0.2) is 25.5 Å². The van der Waals surface area contributed by atoms with Gasteiger partial charge in [-0.2, -0.15) is 0 Å². The van der Waals surface area contributed by atoms with E-state index in [2.05, 4.69) is 0 Å². The maximum Gasteiger partial charge on any atom is 0.308 e. The fourth-order valence-corrected chi connectivity index (χ4v) is 4.35. The molecule has 3 rings (SSSR count). The van der Waals surface area contributed by atoms with Gasteiger partial charge in [0.1, 0.15) is 11.5 Å². The maximum absolute atomic E-state index is 11.9. The summed E-state index contributed by atoms with van der Waals surface area (Å²) >= 11 is 0. The molecule has 2 fully saturated rings. The van der Waals surface area contributed by atoms with Crippen LogP contribution in [0.3, 0.4) is 0 Å². The Hall–Kier alpha value is -2.24. The fourth-order valence-electron chi connectivity index (χ4n) is 4.35. The fraction of sp³-hybridized carbons (Fsp3) is 0.667. The highest BCUT2D eigenvalue weighted by Crippen LogP contribution is 2.27. The predicted octanol–water partition coefficient (Wildman–Crippen LogP) is 5.39. The Morgan fingerprint density at radius 2 is 1.13 bits per heavy atom. The summed E-state index contributed by atoms with van der Waals surface area (Å²) in [6.07, 6.45) is 12.8. The van der Waals surface area contributed by atoms with E-state index in [9.17, 15) is 9.59 Å². The number of benzene rings is 1. The van der Waals surface area contributed by atoms with Gasteiger partial charge in [-0.1, -0.05) is 44.6 Å². The number of carbonyl (C=O) groups is 2. The summed E-state index contributed by atoms with van der Waals surface area (Å²) in [7, 11) is 0. The van der Waals surface area contributed by atoms with Gasteiger partial charge < -0.3 is 18.9 Å². The summed E-state index contributed by atoms with van der Waals surface area (Å²) in [5, 5.41) is 0. The van der Waals surface area contributed by atoms with Crippen LogP contribution < -0.4 is 9.47 Å². The Bertz CT molecular complexity index is 608. The van der Waals surface area contributed by atoms with E-state index in [-0.39, 0.29) is 25.5 Å². The van der Waals surface area contributed by atoms with E-state index in [4.69, 9.17) is 18.9 Å². The Kier molecular flexibility index (Phi) is 9.32. The number of ether oxygens (including phenoxy) is 4. The Morgan fingerprint density at radius 3 is 1.57 bits per heavy atom. The molecule has 0 amide bonds. The van der Waals surface area contributed by atoms with Gasteiger partial charge in [-0.25, -0.2) is 0 Å². The lowest BCUT2D eigenvalue weighted by Gasteiger charge is -2.20. The summed E-state index contributed by atoms with van der Waals surface area (Å²) in [6, 6.07) is 6.98. The third kappa shape index (κ3) is 8.25. The molecular weight excluding hydrogens is 384 g/mol. The Morgan fingerprint density at radius 1 is 0.700 bits per heavy atom. The Balaban J connectivity index is 1.30. The molecule has 6 nitrogen and oxygen atoms in total. The monoisotopic (exact) mass is 418 g/mol. The lowest BCUT2D eigenvalue weighted by Crippen LogP contribution is -2.17. The second-order valence-corrected chi connectivity index (χ2v) is 8.45. The van der Waals surface area contributed by atoms with Crippen LogP contribution in [0.4, 0.5) is 0 Å². The minimum Gasteiger partial charge on any atom is -0.457 e. The molecule has 0 N–H and O–H groups in total. The van der Waals surface area contributed by atoms with Gasteiger partial charge >= 0.3 is 11.9 Å². The molecule has 0 heterocycles. The highest BCUT2D eigenvalue weighted by atomic mass is 16.7.